The van der Waals surface area contributed by atoms with Crippen molar-refractivity contribution in [3.63, 3.8) is 0 Å². The summed E-state index contributed by atoms with van der Waals surface area (Å²) in [5.74, 6) is -0.622. The number of oxime groups is 1. The molecule has 1 atom stereocenters. The molecule has 0 bridgehead atoms. The maximum absolute atomic E-state index is 13.0. The standard InChI is InChI=1S/C12H13ClFNO3S/c1-12(8-13)6-11(15-18-12)19(16,17)7-9-3-2-4-10(14)5-9/h2-5H,6-8H2,1H3. The van der Waals surface area contributed by atoms with E-state index < -0.39 is 21.3 Å². The maximum Gasteiger partial charge on any atom is 0.199 e. The third-order valence-electron chi connectivity index (χ3n) is 2.78. The molecule has 0 amide bonds. The van der Waals surface area contributed by atoms with Crippen molar-refractivity contribution in [1.82, 2.24) is 0 Å². The Morgan fingerprint density at radius 3 is 2.84 bits per heavy atom. The zero-order chi connectivity index (χ0) is 14.1. The van der Waals surface area contributed by atoms with Gasteiger partial charge in [0.2, 0.25) is 0 Å². The molecule has 0 aliphatic carbocycles. The highest BCUT2D eigenvalue weighted by molar-refractivity contribution is 8.05. The first-order chi connectivity index (χ1) is 8.85. The van der Waals surface area contributed by atoms with Crippen molar-refractivity contribution >= 4 is 26.5 Å². The van der Waals surface area contributed by atoms with E-state index in [4.69, 9.17) is 16.4 Å². The molecule has 0 radical (unpaired) electrons. The van der Waals surface area contributed by atoms with Gasteiger partial charge in [0.1, 0.15) is 5.82 Å². The van der Waals surface area contributed by atoms with E-state index in [-0.39, 0.29) is 23.1 Å². The summed E-state index contributed by atoms with van der Waals surface area (Å²) in [4.78, 5) is 5.05. The summed E-state index contributed by atoms with van der Waals surface area (Å²) in [7, 11) is -3.61. The van der Waals surface area contributed by atoms with Gasteiger partial charge in [-0.05, 0) is 24.6 Å². The van der Waals surface area contributed by atoms with Crippen LogP contribution in [0.5, 0.6) is 0 Å². The van der Waals surface area contributed by atoms with Gasteiger partial charge in [-0.2, -0.15) is 0 Å². The van der Waals surface area contributed by atoms with Crippen molar-refractivity contribution in [3.8, 4) is 0 Å². The van der Waals surface area contributed by atoms with Gasteiger partial charge < -0.3 is 4.84 Å². The Morgan fingerprint density at radius 2 is 2.26 bits per heavy atom. The first-order valence-electron chi connectivity index (χ1n) is 5.63. The summed E-state index contributed by atoms with van der Waals surface area (Å²) in [5, 5.41) is 3.56. The Labute approximate surface area is 116 Å². The molecule has 1 unspecified atom stereocenters. The number of hydrogen-bond donors (Lipinski definition) is 0. The molecule has 0 saturated heterocycles. The summed E-state index contributed by atoms with van der Waals surface area (Å²) in [5.41, 5.74) is -0.409. The Kier molecular flexibility index (Phi) is 3.82. The molecule has 0 N–H and O–H groups in total. The lowest BCUT2D eigenvalue weighted by Gasteiger charge is -2.16. The van der Waals surface area contributed by atoms with Crippen molar-refractivity contribution in [2.45, 2.75) is 24.7 Å². The molecular formula is C12H13ClFNO3S. The highest BCUT2D eigenvalue weighted by atomic mass is 35.5. The van der Waals surface area contributed by atoms with E-state index in [1.54, 1.807) is 13.0 Å². The number of benzene rings is 1. The molecule has 104 valence electrons. The Balaban J connectivity index is 2.17. The van der Waals surface area contributed by atoms with Crippen LogP contribution in [0.15, 0.2) is 29.4 Å². The van der Waals surface area contributed by atoms with Crippen LogP contribution < -0.4 is 0 Å². The van der Waals surface area contributed by atoms with Gasteiger partial charge in [-0.1, -0.05) is 17.3 Å². The van der Waals surface area contributed by atoms with Crippen molar-refractivity contribution < 1.29 is 17.6 Å². The molecule has 0 saturated carbocycles. The maximum atomic E-state index is 13.0. The fourth-order valence-corrected chi connectivity index (χ4v) is 3.32. The van der Waals surface area contributed by atoms with E-state index in [1.165, 1.54) is 18.2 Å². The second-order valence-corrected chi connectivity index (χ2v) is 6.98. The van der Waals surface area contributed by atoms with Gasteiger partial charge in [-0.25, -0.2) is 12.8 Å². The van der Waals surface area contributed by atoms with Crippen molar-refractivity contribution in [1.29, 1.82) is 0 Å². The molecule has 19 heavy (non-hydrogen) atoms. The first-order valence-corrected chi connectivity index (χ1v) is 7.82. The van der Waals surface area contributed by atoms with Crippen LogP contribution in [0.3, 0.4) is 0 Å². The largest absolute Gasteiger partial charge is 0.387 e. The summed E-state index contributed by atoms with van der Waals surface area (Å²) < 4.78 is 37.3. The fraction of sp³-hybridized carbons (Fsp3) is 0.417. The SMILES string of the molecule is CC1(CCl)CC(S(=O)(=O)Cc2cccc(F)c2)=NO1. The molecule has 2 rings (SSSR count). The zero-order valence-electron chi connectivity index (χ0n) is 10.3. The number of nitrogens with zero attached hydrogens (tertiary/aromatic N) is 1. The first kappa shape index (κ1) is 14.3. The molecule has 0 aromatic heterocycles. The molecule has 1 aliphatic rings. The molecule has 7 heteroatoms. The van der Waals surface area contributed by atoms with Gasteiger partial charge in [-0.3, -0.25) is 0 Å². The molecular weight excluding hydrogens is 293 g/mol. The van der Waals surface area contributed by atoms with Crippen LogP contribution >= 0.6 is 11.6 Å². The summed E-state index contributed by atoms with van der Waals surface area (Å²) in [6, 6.07) is 5.47. The summed E-state index contributed by atoms with van der Waals surface area (Å²) in [6.45, 7) is 1.69. The normalized spacial score (nSPS) is 23.0. The van der Waals surface area contributed by atoms with Gasteiger partial charge in [-0.15, -0.1) is 11.6 Å². The number of rotatable bonds is 3. The minimum atomic E-state index is -3.61. The Morgan fingerprint density at radius 1 is 1.53 bits per heavy atom. The van der Waals surface area contributed by atoms with Gasteiger partial charge in [0, 0.05) is 6.42 Å². The average Bonchev–Trinajstić information content (AvgIpc) is 2.73. The quantitative estimate of drug-likeness (QED) is 0.806. The van der Waals surface area contributed by atoms with Gasteiger partial charge >= 0.3 is 0 Å². The molecule has 1 aromatic carbocycles. The molecule has 1 aliphatic heterocycles. The zero-order valence-corrected chi connectivity index (χ0v) is 11.8. The predicted molar refractivity (Wildman–Crippen MR) is 71.3 cm³/mol. The van der Waals surface area contributed by atoms with Crippen molar-refractivity contribution in [2.75, 3.05) is 5.88 Å². The van der Waals surface area contributed by atoms with E-state index in [2.05, 4.69) is 5.16 Å². The highest BCUT2D eigenvalue weighted by Crippen LogP contribution is 2.28. The van der Waals surface area contributed by atoms with E-state index in [0.29, 0.717) is 5.56 Å². The van der Waals surface area contributed by atoms with Crippen LogP contribution in [0.25, 0.3) is 0 Å². The van der Waals surface area contributed by atoms with Crippen molar-refractivity contribution in [3.05, 3.63) is 35.6 Å². The van der Waals surface area contributed by atoms with Crippen LogP contribution in [-0.2, 0) is 20.4 Å². The average molecular weight is 306 g/mol. The number of hydrogen-bond acceptors (Lipinski definition) is 4. The highest BCUT2D eigenvalue weighted by Gasteiger charge is 2.39. The van der Waals surface area contributed by atoms with E-state index in [1.807, 2.05) is 0 Å². The van der Waals surface area contributed by atoms with E-state index in [0.717, 1.165) is 0 Å². The van der Waals surface area contributed by atoms with Crippen LogP contribution in [0, 0.1) is 5.82 Å². The number of sulfone groups is 1. The van der Waals surface area contributed by atoms with Crippen LogP contribution in [-0.4, -0.2) is 24.9 Å². The Bertz CT molecular complexity index is 617. The molecule has 4 nitrogen and oxygen atoms in total. The lowest BCUT2D eigenvalue weighted by Crippen LogP contribution is -2.28. The molecule has 0 fully saturated rings. The lowest BCUT2D eigenvalue weighted by molar-refractivity contribution is 0.0152. The van der Waals surface area contributed by atoms with Gasteiger partial charge in [0.05, 0.1) is 11.6 Å². The smallest absolute Gasteiger partial charge is 0.199 e. The monoisotopic (exact) mass is 305 g/mol. The second-order valence-electron chi connectivity index (χ2n) is 4.73. The Hall–Kier alpha value is -1.14. The van der Waals surface area contributed by atoms with Crippen LogP contribution in [0.4, 0.5) is 4.39 Å². The third-order valence-corrected chi connectivity index (χ3v) is 5.00. The minimum absolute atomic E-state index is 0.0417. The fourth-order valence-electron chi connectivity index (χ4n) is 1.71. The predicted octanol–water partition coefficient (Wildman–Crippen LogP) is 2.47. The molecule has 1 aromatic rings. The third kappa shape index (κ3) is 3.25. The topological polar surface area (TPSA) is 55.7 Å². The molecule has 1 heterocycles. The lowest BCUT2D eigenvalue weighted by atomic mass is 10.1. The van der Waals surface area contributed by atoms with E-state index in [9.17, 15) is 12.8 Å². The minimum Gasteiger partial charge on any atom is -0.387 e. The van der Waals surface area contributed by atoms with Gasteiger partial charge in [0.15, 0.2) is 20.5 Å². The summed E-state index contributed by atoms with van der Waals surface area (Å²) >= 11 is 5.70. The van der Waals surface area contributed by atoms with Crippen LogP contribution in [0.1, 0.15) is 18.9 Å². The second kappa shape index (κ2) is 5.09. The number of alkyl halides is 1. The molecule has 0 spiro atoms. The number of halogens is 2. The summed E-state index contributed by atoms with van der Waals surface area (Å²) in [6.07, 6.45) is 0.133. The van der Waals surface area contributed by atoms with Gasteiger partial charge in [0.25, 0.3) is 0 Å². The van der Waals surface area contributed by atoms with E-state index >= 15 is 0 Å². The van der Waals surface area contributed by atoms with Crippen LogP contribution in [0.2, 0.25) is 0 Å². The van der Waals surface area contributed by atoms with Crippen molar-refractivity contribution in [2.24, 2.45) is 5.16 Å².